The molecular formula is C22H26N4O2. The van der Waals surface area contributed by atoms with Crippen LogP contribution in [0.15, 0.2) is 42.6 Å². The van der Waals surface area contributed by atoms with Crippen molar-refractivity contribution in [2.24, 2.45) is 0 Å². The minimum absolute atomic E-state index is 0.0347. The topological polar surface area (TPSA) is 58.9 Å². The predicted octanol–water partition coefficient (Wildman–Crippen LogP) is 2.73. The van der Waals surface area contributed by atoms with E-state index in [0.717, 1.165) is 40.5 Å². The second-order valence-electron chi connectivity index (χ2n) is 7.60. The van der Waals surface area contributed by atoms with Gasteiger partial charge < -0.3 is 19.4 Å². The minimum Gasteiger partial charge on any atom is -0.492 e. The van der Waals surface area contributed by atoms with Gasteiger partial charge in [-0.05, 0) is 38.7 Å². The number of aromatic nitrogens is 2. The molecule has 1 aliphatic heterocycles. The van der Waals surface area contributed by atoms with E-state index in [2.05, 4.69) is 39.9 Å². The molecule has 28 heavy (non-hydrogen) atoms. The highest BCUT2D eigenvalue weighted by Gasteiger charge is 2.30. The van der Waals surface area contributed by atoms with E-state index in [4.69, 9.17) is 9.72 Å². The Bertz CT molecular complexity index is 1010. The summed E-state index contributed by atoms with van der Waals surface area (Å²) in [5.41, 5.74) is 5.08. The number of carbonyl (C=O) groups excluding carboxylic acids is 1. The van der Waals surface area contributed by atoms with Gasteiger partial charge in [0.15, 0.2) is 0 Å². The van der Waals surface area contributed by atoms with E-state index < -0.39 is 0 Å². The van der Waals surface area contributed by atoms with Crippen LogP contribution in [0.3, 0.4) is 0 Å². The lowest BCUT2D eigenvalue weighted by Gasteiger charge is -2.20. The molecule has 1 atom stereocenters. The molecule has 0 unspecified atom stereocenters. The fourth-order valence-electron chi connectivity index (χ4n) is 3.75. The van der Waals surface area contributed by atoms with Gasteiger partial charge in [-0.1, -0.05) is 24.3 Å². The number of hydrogen-bond donors (Lipinski definition) is 1. The Morgan fingerprint density at radius 3 is 2.89 bits per heavy atom. The van der Waals surface area contributed by atoms with Crippen LogP contribution in [0, 0.1) is 6.92 Å². The van der Waals surface area contributed by atoms with Gasteiger partial charge in [-0.3, -0.25) is 4.79 Å². The summed E-state index contributed by atoms with van der Waals surface area (Å²) in [6.45, 7) is 3.95. The van der Waals surface area contributed by atoms with Gasteiger partial charge in [-0.2, -0.15) is 0 Å². The Balaban J connectivity index is 1.81. The van der Waals surface area contributed by atoms with Gasteiger partial charge in [0.25, 0.3) is 0 Å². The van der Waals surface area contributed by atoms with Gasteiger partial charge in [0.2, 0.25) is 5.91 Å². The number of benzene rings is 1. The van der Waals surface area contributed by atoms with Crippen LogP contribution >= 0.6 is 0 Å². The number of ether oxygens (including phenoxy) is 1. The predicted molar refractivity (Wildman–Crippen MR) is 109 cm³/mol. The van der Waals surface area contributed by atoms with Crippen LogP contribution < -0.4 is 10.1 Å². The van der Waals surface area contributed by atoms with Crippen LogP contribution in [0.1, 0.15) is 34.9 Å². The molecule has 1 N–H and O–H groups in total. The molecule has 0 fully saturated rings. The summed E-state index contributed by atoms with van der Waals surface area (Å²) in [4.78, 5) is 19.3. The first kappa shape index (κ1) is 18.5. The lowest BCUT2D eigenvalue weighted by atomic mass is 9.91. The second-order valence-corrected chi connectivity index (χ2v) is 7.60. The van der Waals surface area contributed by atoms with Crippen molar-refractivity contribution in [3.8, 4) is 5.75 Å². The first-order valence-corrected chi connectivity index (χ1v) is 9.63. The van der Waals surface area contributed by atoms with Gasteiger partial charge in [0, 0.05) is 30.6 Å². The van der Waals surface area contributed by atoms with Crippen LogP contribution in [0.25, 0.3) is 5.65 Å². The smallest absolute Gasteiger partial charge is 0.221 e. The van der Waals surface area contributed by atoms with Crippen LogP contribution in [-0.2, 0) is 11.3 Å². The highest BCUT2D eigenvalue weighted by Crippen LogP contribution is 2.37. The average molecular weight is 378 g/mol. The van der Waals surface area contributed by atoms with E-state index >= 15 is 0 Å². The van der Waals surface area contributed by atoms with Crippen molar-refractivity contribution in [3.05, 3.63) is 65.1 Å². The summed E-state index contributed by atoms with van der Waals surface area (Å²) in [6, 6.07) is 12.1. The van der Waals surface area contributed by atoms with E-state index in [-0.39, 0.29) is 11.8 Å². The summed E-state index contributed by atoms with van der Waals surface area (Å²) >= 11 is 0. The fourth-order valence-corrected chi connectivity index (χ4v) is 3.75. The van der Waals surface area contributed by atoms with Crippen molar-refractivity contribution in [1.82, 2.24) is 19.6 Å². The second kappa shape index (κ2) is 7.64. The molecule has 0 bridgehead atoms. The Hall–Kier alpha value is -2.86. The molecular weight excluding hydrogens is 352 g/mol. The molecule has 1 aliphatic rings. The number of imidazole rings is 1. The van der Waals surface area contributed by atoms with Crippen LogP contribution in [-0.4, -0.2) is 47.4 Å². The molecule has 0 spiro atoms. The monoisotopic (exact) mass is 378 g/mol. The molecule has 0 radical (unpaired) electrons. The Morgan fingerprint density at radius 1 is 1.25 bits per heavy atom. The van der Waals surface area contributed by atoms with E-state index in [1.807, 2.05) is 38.4 Å². The molecule has 146 valence electrons. The third-order valence-electron chi connectivity index (χ3n) is 5.14. The number of pyridine rings is 1. The lowest BCUT2D eigenvalue weighted by Crippen LogP contribution is -2.22. The number of hydrogen-bond acceptors (Lipinski definition) is 4. The molecule has 0 aliphatic carbocycles. The van der Waals surface area contributed by atoms with Gasteiger partial charge in [0.1, 0.15) is 18.0 Å². The molecule has 6 nitrogen and oxygen atoms in total. The summed E-state index contributed by atoms with van der Waals surface area (Å²) in [6.07, 6.45) is 2.47. The Kier molecular flexibility index (Phi) is 5.05. The molecule has 3 aromatic rings. The molecule has 6 heteroatoms. The zero-order chi connectivity index (χ0) is 19.7. The number of fused-ring (bicyclic) bond motifs is 3. The maximum Gasteiger partial charge on any atom is 0.221 e. The van der Waals surface area contributed by atoms with E-state index in [1.54, 1.807) is 0 Å². The van der Waals surface area contributed by atoms with E-state index in [9.17, 15) is 4.79 Å². The standard InChI is InChI=1S/C22H26N4O2/c1-15-8-9-20-24-18-13-23-21(27)12-17(22(18)26(20)14-15)16-6-4-5-7-19(16)28-11-10-25(2)3/h4-9,14,17H,10-13H2,1-3H3,(H,23,27)/t17-/m0/s1. The molecule has 4 rings (SSSR count). The third kappa shape index (κ3) is 3.60. The van der Waals surface area contributed by atoms with Crippen molar-refractivity contribution >= 4 is 11.6 Å². The highest BCUT2D eigenvalue weighted by atomic mass is 16.5. The van der Waals surface area contributed by atoms with Crippen molar-refractivity contribution in [2.75, 3.05) is 27.2 Å². The van der Waals surface area contributed by atoms with Crippen LogP contribution in [0.5, 0.6) is 5.75 Å². The normalized spacial score (nSPS) is 16.7. The average Bonchev–Trinajstić information content (AvgIpc) is 2.93. The highest BCUT2D eigenvalue weighted by molar-refractivity contribution is 5.78. The van der Waals surface area contributed by atoms with Crippen LogP contribution in [0.4, 0.5) is 0 Å². The summed E-state index contributed by atoms with van der Waals surface area (Å²) in [5, 5.41) is 2.99. The largest absolute Gasteiger partial charge is 0.492 e. The zero-order valence-corrected chi connectivity index (χ0v) is 16.6. The number of aryl methyl sites for hydroxylation is 1. The summed E-state index contributed by atoms with van der Waals surface area (Å²) in [7, 11) is 4.05. The number of para-hydroxylation sites is 1. The molecule has 1 aromatic carbocycles. The number of amides is 1. The maximum absolute atomic E-state index is 12.5. The SMILES string of the molecule is Cc1ccc2nc3c(n2c1)[C@H](c1ccccc1OCCN(C)C)CC(=O)NC3. The van der Waals surface area contributed by atoms with Crippen molar-refractivity contribution < 1.29 is 9.53 Å². The summed E-state index contributed by atoms with van der Waals surface area (Å²) < 4.78 is 8.23. The van der Waals surface area contributed by atoms with E-state index in [1.165, 1.54) is 0 Å². The molecule has 3 heterocycles. The lowest BCUT2D eigenvalue weighted by molar-refractivity contribution is -0.121. The third-order valence-corrected chi connectivity index (χ3v) is 5.14. The number of nitrogens with zero attached hydrogens (tertiary/aromatic N) is 3. The maximum atomic E-state index is 12.5. The number of carbonyl (C=O) groups is 1. The molecule has 0 saturated heterocycles. The molecule has 2 aromatic heterocycles. The number of likely N-dealkylation sites (N-methyl/N-ethyl adjacent to an activating group) is 1. The van der Waals surface area contributed by atoms with E-state index in [0.29, 0.717) is 19.6 Å². The number of rotatable bonds is 5. The molecule has 1 amide bonds. The van der Waals surface area contributed by atoms with Crippen LogP contribution in [0.2, 0.25) is 0 Å². The summed E-state index contributed by atoms with van der Waals surface area (Å²) in [5.74, 6) is 0.759. The fraction of sp³-hybridized carbons (Fsp3) is 0.364. The quantitative estimate of drug-likeness (QED) is 0.742. The van der Waals surface area contributed by atoms with Gasteiger partial charge in [-0.25, -0.2) is 4.98 Å². The van der Waals surface area contributed by atoms with Gasteiger partial charge in [0.05, 0.1) is 17.9 Å². The van der Waals surface area contributed by atoms with Gasteiger partial charge >= 0.3 is 0 Å². The number of nitrogens with one attached hydrogen (secondary N) is 1. The minimum atomic E-state index is -0.107. The first-order valence-electron chi connectivity index (χ1n) is 9.63. The van der Waals surface area contributed by atoms with Crippen molar-refractivity contribution in [3.63, 3.8) is 0 Å². The van der Waals surface area contributed by atoms with Crippen molar-refractivity contribution in [1.29, 1.82) is 0 Å². The van der Waals surface area contributed by atoms with Crippen molar-refractivity contribution in [2.45, 2.75) is 25.8 Å². The first-order chi connectivity index (χ1) is 13.5. The Labute approximate surface area is 165 Å². The zero-order valence-electron chi connectivity index (χ0n) is 16.6. The Morgan fingerprint density at radius 2 is 2.07 bits per heavy atom. The van der Waals surface area contributed by atoms with Gasteiger partial charge in [-0.15, -0.1) is 0 Å². The molecule has 0 saturated carbocycles.